The van der Waals surface area contributed by atoms with E-state index >= 15 is 0 Å². The van der Waals surface area contributed by atoms with E-state index in [0.29, 0.717) is 18.1 Å². The summed E-state index contributed by atoms with van der Waals surface area (Å²) in [5, 5.41) is 4.07. The molecule has 1 aromatic carbocycles. The minimum Gasteiger partial charge on any atom is -0.296 e. The summed E-state index contributed by atoms with van der Waals surface area (Å²) in [7, 11) is 0. The van der Waals surface area contributed by atoms with E-state index in [1.54, 1.807) is 0 Å². The van der Waals surface area contributed by atoms with Gasteiger partial charge < -0.3 is 0 Å². The molecule has 0 aliphatic rings. The van der Waals surface area contributed by atoms with Gasteiger partial charge in [-0.05, 0) is 25.2 Å². The van der Waals surface area contributed by atoms with Gasteiger partial charge in [-0.1, -0.05) is 13.8 Å². The first kappa shape index (κ1) is 13.6. The van der Waals surface area contributed by atoms with Gasteiger partial charge in [0, 0.05) is 6.07 Å². The Morgan fingerprint density at radius 3 is 2.53 bits per heavy atom. The Bertz CT molecular complexity index is 549. The van der Waals surface area contributed by atoms with Crippen LogP contribution >= 0.6 is 0 Å². The number of aromatic nitrogens is 3. The standard InChI is InChI=1S/C13H16F2N4/c1-3-18(4-2)8-13-16-9-17-19(13)10-5-6-11(14)12(15)7-10/h5-7,9H,3-4,8H2,1-2H3. The van der Waals surface area contributed by atoms with Gasteiger partial charge in [0.1, 0.15) is 12.2 Å². The van der Waals surface area contributed by atoms with Gasteiger partial charge in [-0.3, -0.25) is 4.90 Å². The van der Waals surface area contributed by atoms with Gasteiger partial charge >= 0.3 is 0 Å². The highest BCUT2D eigenvalue weighted by atomic mass is 19.2. The number of halogens is 2. The van der Waals surface area contributed by atoms with Crippen molar-refractivity contribution in [3.05, 3.63) is 42.0 Å². The van der Waals surface area contributed by atoms with Crippen molar-refractivity contribution in [1.29, 1.82) is 0 Å². The first-order chi connectivity index (χ1) is 9.15. The topological polar surface area (TPSA) is 34.0 Å². The molecule has 19 heavy (non-hydrogen) atoms. The first-order valence-electron chi connectivity index (χ1n) is 6.22. The molecule has 2 rings (SSSR count). The van der Waals surface area contributed by atoms with Crippen LogP contribution in [0.1, 0.15) is 19.7 Å². The molecule has 1 heterocycles. The van der Waals surface area contributed by atoms with E-state index in [0.717, 1.165) is 25.2 Å². The molecule has 0 unspecified atom stereocenters. The van der Waals surface area contributed by atoms with Crippen molar-refractivity contribution >= 4 is 0 Å². The van der Waals surface area contributed by atoms with Crippen molar-refractivity contribution in [1.82, 2.24) is 19.7 Å². The Morgan fingerprint density at radius 1 is 1.16 bits per heavy atom. The van der Waals surface area contributed by atoms with Crippen molar-refractivity contribution in [2.75, 3.05) is 13.1 Å². The predicted octanol–water partition coefficient (Wildman–Crippen LogP) is 2.39. The molecule has 0 N–H and O–H groups in total. The second-order valence-corrected chi connectivity index (χ2v) is 4.15. The lowest BCUT2D eigenvalue weighted by Crippen LogP contribution is -2.24. The summed E-state index contributed by atoms with van der Waals surface area (Å²) < 4.78 is 27.7. The number of hydrogen-bond acceptors (Lipinski definition) is 3. The predicted molar refractivity (Wildman–Crippen MR) is 67.9 cm³/mol. The molecule has 0 spiro atoms. The average molecular weight is 266 g/mol. The highest BCUT2D eigenvalue weighted by molar-refractivity contribution is 5.32. The summed E-state index contributed by atoms with van der Waals surface area (Å²) in [6, 6.07) is 3.70. The van der Waals surface area contributed by atoms with Crippen LogP contribution in [-0.4, -0.2) is 32.8 Å². The van der Waals surface area contributed by atoms with Crippen molar-refractivity contribution < 1.29 is 8.78 Å². The molecule has 0 aliphatic heterocycles. The molecule has 6 heteroatoms. The van der Waals surface area contributed by atoms with Crippen LogP contribution in [0.5, 0.6) is 0 Å². The third kappa shape index (κ3) is 2.96. The van der Waals surface area contributed by atoms with E-state index in [1.165, 1.54) is 17.1 Å². The molecule has 0 amide bonds. The number of benzene rings is 1. The maximum atomic E-state index is 13.3. The second kappa shape index (κ2) is 5.88. The molecule has 2 aromatic rings. The van der Waals surface area contributed by atoms with E-state index in [4.69, 9.17) is 0 Å². The van der Waals surface area contributed by atoms with Crippen molar-refractivity contribution in [2.24, 2.45) is 0 Å². The molecule has 0 aliphatic carbocycles. The Labute approximate surface area is 110 Å². The van der Waals surface area contributed by atoms with Gasteiger partial charge in [-0.15, -0.1) is 0 Å². The Morgan fingerprint density at radius 2 is 1.89 bits per heavy atom. The van der Waals surface area contributed by atoms with Gasteiger partial charge in [0.25, 0.3) is 0 Å². The zero-order valence-corrected chi connectivity index (χ0v) is 11.0. The molecule has 0 atom stereocenters. The largest absolute Gasteiger partial charge is 0.296 e. The lowest BCUT2D eigenvalue weighted by Gasteiger charge is -2.17. The van der Waals surface area contributed by atoms with E-state index in [9.17, 15) is 8.78 Å². The number of hydrogen-bond donors (Lipinski definition) is 0. The second-order valence-electron chi connectivity index (χ2n) is 4.15. The van der Waals surface area contributed by atoms with Crippen molar-refractivity contribution in [3.63, 3.8) is 0 Å². The van der Waals surface area contributed by atoms with E-state index in [1.807, 2.05) is 0 Å². The zero-order chi connectivity index (χ0) is 13.8. The minimum atomic E-state index is -0.887. The molecule has 0 saturated heterocycles. The average Bonchev–Trinajstić information content (AvgIpc) is 2.87. The Kier molecular flexibility index (Phi) is 4.21. The number of nitrogens with zero attached hydrogens (tertiary/aromatic N) is 4. The first-order valence-corrected chi connectivity index (χ1v) is 6.22. The molecule has 0 bridgehead atoms. The Balaban J connectivity index is 2.30. The third-order valence-electron chi connectivity index (χ3n) is 3.03. The minimum absolute atomic E-state index is 0.471. The van der Waals surface area contributed by atoms with Crippen LogP contribution in [0, 0.1) is 11.6 Å². The summed E-state index contributed by atoms with van der Waals surface area (Å²) in [6.45, 7) is 6.51. The Hall–Kier alpha value is -1.82. The summed E-state index contributed by atoms with van der Waals surface area (Å²) in [5.41, 5.74) is 0.471. The maximum Gasteiger partial charge on any atom is 0.160 e. The van der Waals surface area contributed by atoms with Crippen LogP contribution in [-0.2, 0) is 6.54 Å². The molecule has 1 aromatic heterocycles. The fourth-order valence-electron chi connectivity index (χ4n) is 1.85. The van der Waals surface area contributed by atoms with Gasteiger partial charge in [-0.2, -0.15) is 5.10 Å². The lowest BCUT2D eigenvalue weighted by atomic mass is 10.3. The SMILES string of the molecule is CCN(CC)Cc1ncnn1-c1ccc(F)c(F)c1. The normalized spacial score (nSPS) is 11.2. The van der Waals surface area contributed by atoms with Crippen molar-refractivity contribution in [2.45, 2.75) is 20.4 Å². The molecule has 0 radical (unpaired) electrons. The van der Waals surface area contributed by atoms with Crippen LogP contribution < -0.4 is 0 Å². The lowest BCUT2D eigenvalue weighted by molar-refractivity contribution is 0.286. The summed E-state index contributed by atoms with van der Waals surface area (Å²) in [4.78, 5) is 6.34. The van der Waals surface area contributed by atoms with Crippen LogP contribution in [0.25, 0.3) is 5.69 Å². The highest BCUT2D eigenvalue weighted by Crippen LogP contribution is 2.14. The summed E-state index contributed by atoms with van der Waals surface area (Å²) in [5.74, 6) is -1.05. The smallest absolute Gasteiger partial charge is 0.160 e. The van der Waals surface area contributed by atoms with E-state index in [2.05, 4.69) is 28.8 Å². The maximum absolute atomic E-state index is 13.3. The van der Waals surface area contributed by atoms with Crippen LogP contribution in [0.3, 0.4) is 0 Å². The third-order valence-corrected chi connectivity index (χ3v) is 3.03. The summed E-state index contributed by atoms with van der Waals surface area (Å²) >= 11 is 0. The van der Waals surface area contributed by atoms with Crippen LogP contribution in [0.15, 0.2) is 24.5 Å². The van der Waals surface area contributed by atoms with Gasteiger partial charge in [0.15, 0.2) is 11.6 Å². The van der Waals surface area contributed by atoms with Crippen molar-refractivity contribution in [3.8, 4) is 5.69 Å². The number of rotatable bonds is 5. The van der Waals surface area contributed by atoms with Crippen LogP contribution in [0.2, 0.25) is 0 Å². The summed E-state index contributed by atoms with van der Waals surface area (Å²) in [6.07, 6.45) is 1.42. The van der Waals surface area contributed by atoms with Gasteiger partial charge in [0.05, 0.1) is 12.2 Å². The molecular weight excluding hydrogens is 250 g/mol. The molecule has 102 valence electrons. The zero-order valence-electron chi connectivity index (χ0n) is 11.0. The molecule has 0 fully saturated rings. The van der Waals surface area contributed by atoms with Crippen LogP contribution in [0.4, 0.5) is 8.78 Å². The molecule has 0 saturated carbocycles. The molecular formula is C13H16F2N4. The van der Waals surface area contributed by atoms with Gasteiger partial charge in [-0.25, -0.2) is 18.4 Å². The van der Waals surface area contributed by atoms with E-state index < -0.39 is 11.6 Å². The van der Waals surface area contributed by atoms with E-state index in [-0.39, 0.29) is 0 Å². The fourth-order valence-corrected chi connectivity index (χ4v) is 1.85. The van der Waals surface area contributed by atoms with Gasteiger partial charge in [0.2, 0.25) is 0 Å². The fraction of sp³-hybridized carbons (Fsp3) is 0.385. The monoisotopic (exact) mass is 266 g/mol. The molecule has 4 nitrogen and oxygen atoms in total. The quantitative estimate of drug-likeness (QED) is 0.833. The highest BCUT2D eigenvalue weighted by Gasteiger charge is 2.11.